The average Bonchev–Trinajstić information content (AvgIpc) is 2.68. The fourth-order valence-electron chi connectivity index (χ4n) is 4.29. The molecular weight excluding hydrogens is 383 g/mol. The number of hydrogen-bond donors (Lipinski definition) is 1. The van der Waals surface area contributed by atoms with Crippen molar-refractivity contribution in [3.8, 4) is 5.69 Å². The van der Waals surface area contributed by atoms with Gasteiger partial charge in [0.25, 0.3) is 5.91 Å². The van der Waals surface area contributed by atoms with Crippen molar-refractivity contribution in [1.82, 2.24) is 20.0 Å². The number of nitrogens with one attached hydrogen (secondary N) is 1. The van der Waals surface area contributed by atoms with Gasteiger partial charge in [-0.15, -0.1) is 0 Å². The van der Waals surface area contributed by atoms with Gasteiger partial charge in [-0.25, -0.2) is 9.07 Å². The molecule has 3 rings (SSSR count). The van der Waals surface area contributed by atoms with Gasteiger partial charge in [-0.3, -0.25) is 9.59 Å². The van der Waals surface area contributed by atoms with Crippen LogP contribution in [0.15, 0.2) is 35.1 Å². The number of amides is 1. The van der Waals surface area contributed by atoms with Crippen molar-refractivity contribution >= 4 is 5.91 Å². The molecule has 0 saturated carbocycles. The second-order valence-electron chi connectivity index (χ2n) is 8.53. The lowest BCUT2D eigenvalue weighted by Crippen LogP contribution is -2.39. The molecule has 1 fully saturated rings. The van der Waals surface area contributed by atoms with E-state index in [1.807, 2.05) is 0 Å². The Bertz CT molecular complexity index is 933. The molecule has 0 spiro atoms. The molecule has 1 aliphatic heterocycles. The molecule has 162 valence electrons. The number of halogens is 1. The van der Waals surface area contributed by atoms with Crippen molar-refractivity contribution in [1.29, 1.82) is 0 Å². The van der Waals surface area contributed by atoms with E-state index in [-0.39, 0.29) is 11.4 Å². The van der Waals surface area contributed by atoms with Gasteiger partial charge < -0.3 is 10.2 Å². The van der Waals surface area contributed by atoms with Crippen molar-refractivity contribution in [2.45, 2.75) is 40.0 Å². The molecule has 7 heteroatoms. The molecule has 2 atom stereocenters. The maximum atomic E-state index is 14.1. The minimum Gasteiger partial charge on any atom is -0.351 e. The van der Waals surface area contributed by atoms with Crippen molar-refractivity contribution in [2.75, 3.05) is 26.2 Å². The van der Waals surface area contributed by atoms with Crippen molar-refractivity contribution in [2.24, 2.45) is 11.8 Å². The van der Waals surface area contributed by atoms with Crippen LogP contribution in [0.5, 0.6) is 0 Å². The van der Waals surface area contributed by atoms with Crippen LogP contribution < -0.4 is 10.7 Å². The Balaban J connectivity index is 1.56. The number of para-hydroxylation sites is 1. The van der Waals surface area contributed by atoms with Gasteiger partial charge in [0, 0.05) is 31.4 Å². The number of hydrogen-bond acceptors (Lipinski definition) is 4. The summed E-state index contributed by atoms with van der Waals surface area (Å²) in [6.45, 7) is 10.0. The molecular formula is C23H31FN4O2. The summed E-state index contributed by atoms with van der Waals surface area (Å²) >= 11 is 0. The number of rotatable bonds is 7. The summed E-state index contributed by atoms with van der Waals surface area (Å²) in [4.78, 5) is 27.3. The van der Waals surface area contributed by atoms with Gasteiger partial charge in [0.05, 0.1) is 0 Å². The minimum absolute atomic E-state index is 0.203. The molecule has 1 aromatic carbocycles. The second-order valence-corrected chi connectivity index (χ2v) is 8.53. The third-order valence-corrected chi connectivity index (χ3v) is 5.53. The summed E-state index contributed by atoms with van der Waals surface area (Å²) in [5.41, 5.74) is -0.0166. The number of unbranched alkanes of at least 4 members (excludes halogenated alkanes) is 1. The van der Waals surface area contributed by atoms with Crippen LogP contribution in [0.1, 0.15) is 49.3 Å². The highest BCUT2D eigenvalue weighted by Crippen LogP contribution is 2.21. The standard InChI is InChI=1S/C23H31FN4O2/c1-16-12-17(2)15-27(14-16)11-7-6-10-25-23(30)22-21(29)13-18(3)28(26-22)20-9-5-4-8-19(20)24/h4-5,8-9,13,16-17H,6-7,10-12,14-15H2,1-3H3,(H,25,30)/t16-,17-/m1/s1. The van der Waals surface area contributed by atoms with E-state index in [4.69, 9.17) is 0 Å². The Kier molecular flexibility index (Phi) is 7.37. The van der Waals surface area contributed by atoms with E-state index in [0.29, 0.717) is 12.2 Å². The molecule has 2 heterocycles. The van der Waals surface area contributed by atoms with Crippen LogP contribution in [-0.2, 0) is 0 Å². The Labute approximate surface area is 177 Å². The van der Waals surface area contributed by atoms with E-state index < -0.39 is 17.2 Å². The van der Waals surface area contributed by atoms with E-state index in [9.17, 15) is 14.0 Å². The predicted molar refractivity (Wildman–Crippen MR) is 115 cm³/mol. The molecule has 1 amide bonds. The van der Waals surface area contributed by atoms with Crippen LogP contribution in [0, 0.1) is 24.6 Å². The highest BCUT2D eigenvalue weighted by atomic mass is 19.1. The van der Waals surface area contributed by atoms with Crippen LogP contribution in [0.2, 0.25) is 0 Å². The van der Waals surface area contributed by atoms with Gasteiger partial charge in [-0.05, 0) is 56.7 Å². The van der Waals surface area contributed by atoms with Gasteiger partial charge in [0.2, 0.25) is 5.43 Å². The van der Waals surface area contributed by atoms with Crippen LogP contribution in [0.3, 0.4) is 0 Å². The Morgan fingerprint density at radius 1 is 1.20 bits per heavy atom. The van der Waals surface area contributed by atoms with E-state index in [0.717, 1.165) is 44.3 Å². The first-order valence-corrected chi connectivity index (χ1v) is 10.7. The topological polar surface area (TPSA) is 67.2 Å². The first-order chi connectivity index (χ1) is 14.3. The molecule has 1 aromatic heterocycles. The SMILES string of the molecule is Cc1cc(=O)c(C(=O)NCCCCN2C[C@H](C)C[C@@H](C)C2)nn1-c1ccccc1F. The number of aryl methyl sites for hydroxylation is 1. The number of nitrogens with zero attached hydrogens (tertiary/aromatic N) is 3. The Hall–Kier alpha value is -2.54. The summed E-state index contributed by atoms with van der Waals surface area (Å²) in [7, 11) is 0. The largest absolute Gasteiger partial charge is 0.351 e. The van der Waals surface area contributed by atoms with Crippen molar-refractivity contribution in [3.05, 3.63) is 57.8 Å². The van der Waals surface area contributed by atoms with Crippen LogP contribution in [-0.4, -0.2) is 46.8 Å². The lowest BCUT2D eigenvalue weighted by molar-refractivity contribution is 0.0943. The number of aromatic nitrogens is 2. The third kappa shape index (κ3) is 5.53. The molecule has 1 aliphatic rings. The number of carbonyl (C=O) groups excluding carboxylic acids is 1. The maximum absolute atomic E-state index is 14.1. The van der Waals surface area contributed by atoms with Crippen LogP contribution in [0.25, 0.3) is 5.69 Å². The first kappa shape index (κ1) is 22.2. The van der Waals surface area contributed by atoms with E-state index in [1.54, 1.807) is 25.1 Å². The minimum atomic E-state index is -0.523. The number of benzene rings is 1. The lowest BCUT2D eigenvalue weighted by atomic mass is 9.92. The Morgan fingerprint density at radius 3 is 2.60 bits per heavy atom. The van der Waals surface area contributed by atoms with E-state index in [2.05, 4.69) is 29.2 Å². The van der Waals surface area contributed by atoms with Gasteiger partial charge in [0.15, 0.2) is 5.69 Å². The summed E-state index contributed by atoms with van der Waals surface area (Å²) < 4.78 is 15.4. The summed E-state index contributed by atoms with van der Waals surface area (Å²) in [6, 6.07) is 7.45. The molecule has 0 unspecified atom stereocenters. The zero-order valence-electron chi connectivity index (χ0n) is 18.0. The van der Waals surface area contributed by atoms with E-state index in [1.165, 1.54) is 23.2 Å². The van der Waals surface area contributed by atoms with Crippen molar-refractivity contribution < 1.29 is 9.18 Å². The zero-order valence-corrected chi connectivity index (χ0v) is 18.0. The van der Waals surface area contributed by atoms with Crippen LogP contribution in [0.4, 0.5) is 4.39 Å². The fraction of sp³-hybridized carbons (Fsp3) is 0.522. The summed E-state index contributed by atoms with van der Waals surface area (Å²) in [5.74, 6) is 0.477. The molecule has 0 radical (unpaired) electrons. The molecule has 0 aliphatic carbocycles. The average molecular weight is 415 g/mol. The molecule has 2 aromatic rings. The summed E-state index contributed by atoms with van der Waals surface area (Å²) in [6.07, 6.45) is 3.11. The van der Waals surface area contributed by atoms with Gasteiger partial charge in [0.1, 0.15) is 11.5 Å². The lowest BCUT2D eigenvalue weighted by Gasteiger charge is -2.34. The molecule has 0 bridgehead atoms. The molecule has 1 N–H and O–H groups in total. The molecule has 30 heavy (non-hydrogen) atoms. The number of likely N-dealkylation sites (tertiary alicyclic amines) is 1. The normalized spacial score (nSPS) is 19.6. The fourth-order valence-corrected chi connectivity index (χ4v) is 4.29. The van der Waals surface area contributed by atoms with Gasteiger partial charge in [-0.2, -0.15) is 5.10 Å². The highest BCUT2D eigenvalue weighted by molar-refractivity contribution is 5.92. The smallest absolute Gasteiger partial charge is 0.275 e. The highest BCUT2D eigenvalue weighted by Gasteiger charge is 2.21. The van der Waals surface area contributed by atoms with Gasteiger partial charge >= 0.3 is 0 Å². The van der Waals surface area contributed by atoms with Crippen LogP contribution >= 0.6 is 0 Å². The van der Waals surface area contributed by atoms with Gasteiger partial charge in [-0.1, -0.05) is 26.0 Å². The molecule has 1 saturated heterocycles. The summed E-state index contributed by atoms with van der Waals surface area (Å²) in [5, 5.41) is 6.92. The number of piperidine rings is 1. The Morgan fingerprint density at radius 2 is 1.90 bits per heavy atom. The third-order valence-electron chi connectivity index (χ3n) is 5.53. The first-order valence-electron chi connectivity index (χ1n) is 10.7. The maximum Gasteiger partial charge on any atom is 0.275 e. The predicted octanol–water partition coefficient (Wildman–Crippen LogP) is 3.17. The molecule has 6 nitrogen and oxygen atoms in total. The number of carbonyl (C=O) groups is 1. The quantitative estimate of drug-likeness (QED) is 0.707. The zero-order chi connectivity index (χ0) is 21.7. The van der Waals surface area contributed by atoms with Crippen molar-refractivity contribution in [3.63, 3.8) is 0 Å². The second kappa shape index (κ2) is 9.98. The van der Waals surface area contributed by atoms with E-state index >= 15 is 0 Å². The monoisotopic (exact) mass is 414 g/mol.